The molecule has 100 valence electrons. The maximum atomic E-state index is 6.46. The van der Waals surface area contributed by atoms with Gasteiger partial charge in [-0.15, -0.1) is 0 Å². The molecule has 1 saturated heterocycles. The van der Waals surface area contributed by atoms with Crippen LogP contribution in [0.3, 0.4) is 0 Å². The zero-order valence-electron chi connectivity index (χ0n) is 11.2. The Morgan fingerprint density at radius 2 is 2.11 bits per heavy atom. The Labute approximate surface area is 113 Å². The molecule has 1 aliphatic heterocycles. The molecule has 1 aromatic carbocycles. The van der Waals surface area contributed by atoms with Gasteiger partial charge in [-0.3, -0.25) is 0 Å². The molecule has 0 radical (unpaired) electrons. The maximum absolute atomic E-state index is 6.46. The molecule has 0 aliphatic carbocycles. The lowest BCUT2D eigenvalue weighted by Gasteiger charge is -2.31. The van der Waals surface area contributed by atoms with Gasteiger partial charge in [0.1, 0.15) is 11.5 Å². The molecule has 0 spiro atoms. The van der Waals surface area contributed by atoms with Crippen molar-refractivity contribution in [3.05, 3.63) is 23.8 Å². The van der Waals surface area contributed by atoms with Gasteiger partial charge in [-0.25, -0.2) is 0 Å². The van der Waals surface area contributed by atoms with E-state index in [1.165, 1.54) is 12.2 Å². The predicted octanol–water partition coefficient (Wildman–Crippen LogP) is 2.99. The SMILES string of the molecule is COc1ccc(C(N)C2(C)CCCS2)c(OC)c1. The van der Waals surface area contributed by atoms with Crippen LogP contribution in [-0.2, 0) is 0 Å². The zero-order valence-corrected chi connectivity index (χ0v) is 12.0. The number of methoxy groups -OCH3 is 2. The van der Waals surface area contributed by atoms with E-state index in [-0.39, 0.29) is 10.8 Å². The van der Waals surface area contributed by atoms with Crippen molar-refractivity contribution in [1.29, 1.82) is 0 Å². The lowest BCUT2D eigenvalue weighted by atomic mass is 9.90. The summed E-state index contributed by atoms with van der Waals surface area (Å²) >= 11 is 1.96. The largest absolute Gasteiger partial charge is 0.497 e. The van der Waals surface area contributed by atoms with Crippen molar-refractivity contribution in [3.8, 4) is 11.5 Å². The molecular formula is C14H21NO2S. The first kappa shape index (κ1) is 13.6. The fraction of sp³-hybridized carbons (Fsp3) is 0.571. The van der Waals surface area contributed by atoms with Crippen molar-refractivity contribution in [1.82, 2.24) is 0 Å². The molecular weight excluding hydrogens is 246 g/mol. The number of benzene rings is 1. The summed E-state index contributed by atoms with van der Waals surface area (Å²) < 4.78 is 10.8. The summed E-state index contributed by atoms with van der Waals surface area (Å²) in [5.41, 5.74) is 7.53. The normalized spacial score (nSPS) is 24.9. The minimum Gasteiger partial charge on any atom is -0.497 e. The Bertz CT molecular complexity index is 416. The van der Waals surface area contributed by atoms with Crippen molar-refractivity contribution in [2.75, 3.05) is 20.0 Å². The molecule has 2 rings (SSSR count). The van der Waals surface area contributed by atoms with Crippen LogP contribution in [0.2, 0.25) is 0 Å². The molecule has 2 N–H and O–H groups in total. The van der Waals surface area contributed by atoms with Crippen molar-refractivity contribution in [2.24, 2.45) is 5.73 Å². The van der Waals surface area contributed by atoms with E-state index in [1.807, 2.05) is 30.0 Å². The van der Waals surface area contributed by atoms with E-state index in [1.54, 1.807) is 14.2 Å². The summed E-state index contributed by atoms with van der Waals surface area (Å²) in [5.74, 6) is 2.81. The third kappa shape index (κ3) is 2.45. The monoisotopic (exact) mass is 267 g/mol. The summed E-state index contributed by atoms with van der Waals surface area (Å²) in [7, 11) is 3.33. The Morgan fingerprint density at radius 3 is 2.67 bits per heavy atom. The van der Waals surface area contributed by atoms with Crippen LogP contribution < -0.4 is 15.2 Å². The van der Waals surface area contributed by atoms with Crippen molar-refractivity contribution in [3.63, 3.8) is 0 Å². The highest BCUT2D eigenvalue weighted by atomic mass is 32.2. The van der Waals surface area contributed by atoms with Gasteiger partial charge in [-0.05, 0) is 31.6 Å². The zero-order chi connectivity index (χ0) is 13.2. The van der Waals surface area contributed by atoms with Gasteiger partial charge in [0, 0.05) is 22.4 Å². The Hall–Kier alpha value is -0.870. The van der Waals surface area contributed by atoms with Crippen LogP contribution in [0, 0.1) is 0 Å². The van der Waals surface area contributed by atoms with Gasteiger partial charge in [-0.1, -0.05) is 6.07 Å². The van der Waals surface area contributed by atoms with Crippen LogP contribution in [0.25, 0.3) is 0 Å². The second kappa shape index (κ2) is 5.41. The average Bonchev–Trinajstić information content (AvgIpc) is 2.85. The highest BCUT2D eigenvalue weighted by Gasteiger charge is 2.37. The number of hydrogen-bond acceptors (Lipinski definition) is 4. The first-order valence-electron chi connectivity index (χ1n) is 6.22. The fourth-order valence-electron chi connectivity index (χ4n) is 2.45. The van der Waals surface area contributed by atoms with Crippen molar-refractivity contribution < 1.29 is 9.47 Å². The third-order valence-electron chi connectivity index (χ3n) is 3.68. The Morgan fingerprint density at radius 1 is 1.33 bits per heavy atom. The molecule has 1 heterocycles. The standard InChI is InChI=1S/C14H21NO2S/c1-14(7-4-8-18-14)13(15)11-6-5-10(16-2)9-12(11)17-3/h5-6,9,13H,4,7-8,15H2,1-3H3. The third-order valence-corrected chi connectivity index (χ3v) is 5.29. The Kier molecular flexibility index (Phi) is 4.07. The molecule has 1 fully saturated rings. The fourth-order valence-corrected chi connectivity index (χ4v) is 3.80. The van der Waals surface area contributed by atoms with Crippen LogP contribution >= 0.6 is 11.8 Å². The first-order chi connectivity index (χ1) is 8.60. The quantitative estimate of drug-likeness (QED) is 0.911. The van der Waals surface area contributed by atoms with Crippen molar-refractivity contribution in [2.45, 2.75) is 30.6 Å². The van der Waals surface area contributed by atoms with Gasteiger partial charge in [-0.2, -0.15) is 11.8 Å². The highest BCUT2D eigenvalue weighted by molar-refractivity contribution is 8.00. The molecule has 1 aromatic rings. The molecule has 3 nitrogen and oxygen atoms in total. The maximum Gasteiger partial charge on any atom is 0.127 e. The summed E-state index contributed by atoms with van der Waals surface area (Å²) in [4.78, 5) is 0. The predicted molar refractivity (Wildman–Crippen MR) is 76.6 cm³/mol. The number of nitrogens with two attached hydrogens (primary N) is 1. The Balaban J connectivity index is 2.32. The van der Waals surface area contributed by atoms with E-state index in [0.29, 0.717) is 0 Å². The van der Waals surface area contributed by atoms with E-state index in [9.17, 15) is 0 Å². The minimum atomic E-state index is -0.00847. The lowest BCUT2D eigenvalue weighted by molar-refractivity contribution is 0.382. The van der Waals surface area contributed by atoms with Gasteiger partial charge in [0.05, 0.1) is 14.2 Å². The highest BCUT2D eigenvalue weighted by Crippen LogP contribution is 2.47. The number of ether oxygens (including phenoxy) is 2. The summed E-state index contributed by atoms with van der Waals surface area (Å²) in [6.45, 7) is 2.25. The van der Waals surface area contributed by atoms with Gasteiger partial charge >= 0.3 is 0 Å². The smallest absolute Gasteiger partial charge is 0.127 e. The average molecular weight is 267 g/mol. The van der Waals surface area contributed by atoms with Crippen LogP contribution in [-0.4, -0.2) is 24.7 Å². The topological polar surface area (TPSA) is 44.5 Å². The molecule has 0 aromatic heterocycles. The number of thioether (sulfide) groups is 1. The molecule has 18 heavy (non-hydrogen) atoms. The van der Waals surface area contributed by atoms with Crippen LogP contribution in [0.1, 0.15) is 31.4 Å². The summed E-state index contributed by atoms with van der Waals surface area (Å²) in [5, 5.41) is 0. The first-order valence-corrected chi connectivity index (χ1v) is 7.21. The van der Waals surface area contributed by atoms with Crippen LogP contribution in [0.5, 0.6) is 11.5 Å². The molecule has 0 saturated carbocycles. The van der Waals surface area contributed by atoms with Gasteiger partial charge in [0.15, 0.2) is 0 Å². The van der Waals surface area contributed by atoms with E-state index in [4.69, 9.17) is 15.2 Å². The second-order valence-corrected chi connectivity index (χ2v) is 6.48. The molecule has 2 unspecified atom stereocenters. The molecule has 1 aliphatic rings. The molecule has 4 heteroatoms. The number of hydrogen-bond donors (Lipinski definition) is 1. The van der Waals surface area contributed by atoms with Gasteiger partial charge in [0.2, 0.25) is 0 Å². The lowest BCUT2D eigenvalue weighted by Crippen LogP contribution is -2.33. The minimum absolute atomic E-state index is 0.00847. The van der Waals surface area contributed by atoms with E-state index in [2.05, 4.69) is 6.92 Å². The van der Waals surface area contributed by atoms with Crippen molar-refractivity contribution >= 4 is 11.8 Å². The van der Waals surface area contributed by atoms with Crippen LogP contribution in [0.15, 0.2) is 18.2 Å². The summed E-state index contributed by atoms with van der Waals surface area (Å²) in [6, 6.07) is 5.86. The summed E-state index contributed by atoms with van der Waals surface area (Å²) in [6.07, 6.45) is 2.40. The van der Waals surface area contributed by atoms with E-state index >= 15 is 0 Å². The second-order valence-electron chi connectivity index (χ2n) is 4.85. The van der Waals surface area contributed by atoms with E-state index < -0.39 is 0 Å². The molecule has 0 bridgehead atoms. The van der Waals surface area contributed by atoms with Crippen LogP contribution in [0.4, 0.5) is 0 Å². The molecule has 0 amide bonds. The van der Waals surface area contributed by atoms with E-state index in [0.717, 1.165) is 23.5 Å². The molecule has 2 atom stereocenters. The van der Waals surface area contributed by atoms with Gasteiger partial charge < -0.3 is 15.2 Å². The van der Waals surface area contributed by atoms with Gasteiger partial charge in [0.25, 0.3) is 0 Å². The number of rotatable bonds is 4.